The summed E-state index contributed by atoms with van der Waals surface area (Å²) in [5.41, 5.74) is 3.22. The minimum absolute atomic E-state index is 0.313. The Hall–Kier alpha value is -2.01. The Kier molecular flexibility index (Phi) is 3.95. The molecule has 3 aliphatic rings. The Morgan fingerprint density at radius 2 is 1.96 bits per heavy atom. The number of para-hydroxylation sites is 1. The first-order chi connectivity index (χ1) is 11.3. The van der Waals surface area contributed by atoms with E-state index in [-0.39, 0.29) is 5.97 Å². The molecular weight excluding hydrogens is 308 g/mol. The number of amidine groups is 1. The van der Waals surface area contributed by atoms with E-state index in [0.717, 1.165) is 24.6 Å². The molecule has 4 rings (SSSR count). The highest BCUT2D eigenvalue weighted by Gasteiger charge is 2.33. The maximum Gasteiger partial charge on any atom is 0.360 e. The summed E-state index contributed by atoms with van der Waals surface area (Å²) in [6.07, 6.45) is 5.86. The number of carbonyl (C=O) groups is 1. The smallest absolute Gasteiger partial charge is 0.360 e. The Labute approximate surface area is 139 Å². The minimum Gasteiger partial charge on any atom is -0.422 e. The Bertz CT molecular complexity index is 722. The topological polar surface area (TPSA) is 41.9 Å². The van der Waals surface area contributed by atoms with Crippen molar-refractivity contribution in [2.45, 2.75) is 32.1 Å². The molecule has 0 aromatic heterocycles. The summed E-state index contributed by atoms with van der Waals surface area (Å²) in [6, 6.07) is 9.19. The summed E-state index contributed by atoms with van der Waals surface area (Å²) in [7, 11) is 0. The van der Waals surface area contributed by atoms with Gasteiger partial charge in [0.1, 0.15) is 11.4 Å². The van der Waals surface area contributed by atoms with Crippen molar-refractivity contribution in [3.8, 4) is 5.75 Å². The van der Waals surface area contributed by atoms with Gasteiger partial charge in [-0.05, 0) is 43.4 Å². The van der Waals surface area contributed by atoms with E-state index in [1.54, 1.807) is 12.1 Å². The third kappa shape index (κ3) is 2.93. The van der Waals surface area contributed by atoms with Crippen molar-refractivity contribution in [3.63, 3.8) is 0 Å². The normalized spacial score (nSPS) is 20.3. The van der Waals surface area contributed by atoms with Crippen LogP contribution in [0.25, 0.3) is 0 Å². The van der Waals surface area contributed by atoms with E-state index < -0.39 is 0 Å². The molecule has 0 N–H and O–H groups in total. The molecule has 0 bridgehead atoms. The van der Waals surface area contributed by atoms with E-state index in [0.29, 0.717) is 11.4 Å². The van der Waals surface area contributed by atoms with Crippen LogP contribution in [-0.2, 0) is 4.79 Å². The molecule has 2 heterocycles. The zero-order chi connectivity index (χ0) is 15.6. The van der Waals surface area contributed by atoms with Gasteiger partial charge in [0.2, 0.25) is 0 Å². The van der Waals surface area contributed by atoms with Crippen molar-refractivity contribution in [2.24, 2.45) is 4.99 Å². The van der Waals surface area contributed by atoms with Crippen LogP contribution in [0.4, 0.5) is 0 Å². The fourth-order valence-electron chi connectivity index (χ4n) is 3.12. The van der Waals surface area contributed by atoms with Crippen LogP contribution in [0.3, 0.4) is 0 Å². The highest BCUT2D eigenvalue weighted by Crippen LogP contribution is 2.36. The molecule has 0 saturated heterocycles. The molecule has 5 heteroatoms. The van der Waals surface area contributed by atoms with Crippen molar-refractivity contribution in [3.05, 3.63) is 52.7 Å². The van der Waals surface area contributed by atoms with Crippen LogP contribution in [0.15, 0.2) is 57.7 Å². The van der Waals surface area contributed by atoms with Gasteiger partial charge in [0, 0.05) is 17.6 Å². The molecule has 0 atom stereocenters. The van der Waals surface area contributed by atoms with E-state index in [4.69, 9.17) is 9.73 Å². The standard InChI is InChI=1S/C18H18N2O2S/c21-17(22-14-8-4-2-5-9-14)16-12-23-18-19-15-10-6-1-3-7-13(15)11-20(16)18/h2,4-5,8-9,12H,1,3,6-7,10-11H2. The summed E-state index contributed by atoms with van der Waals surface area (Å²) in [5, 5.41) is 2.77. The fourth-order valence-corrected chi connectivity index (χ4v) is 4.02. The number of allylic oxidation sites excluding steroid dienone is 1. The minimum atomic E-state index is -0.313. The van der Waals surface area contributed by atoms with Crippen LogP contribution in [0.2, 0.25) is 0 Å². The van der Waals surface area contributed by atoms with Crippen molar-refractivity contribution < 1.29 is 9.53 Å². The van der Waals surface area contributed by atoms with Gasteiger partial charge in [0.05, 0.1) is 0 Å². The second-order valence-electron chi connectivity index (χ2n) is 5.91. The number of nitrogens with zero attached hydrogens (tertiary/aromatic N) is 2. The lowest BCUT2D eigenvalue weighted by atomic mass is 10.1. The number of hydrogen-bond donors (Lipinski definition) is 0. The second kappa shape index (κ2) is 6.24. The van der Waals surface area contributed by atoms with Crippen LogP contribution < -0.4 is 4.74 Å². The van der Waals surface area contributed by atoms with Gasteiger partial charge >= 0.3 is 5.97 Å². The first kappa shape index (κ1) is 14.6. The lowest BCUT2D eigenvalue weighted by Gasteiger charge is -2.27. The van der Waals surface area contributed by atoms with E-state index in [2.05, 4.69) is 0 Å². The third-order valence-corrected chi connectivity index (χ3v) is 5.20. The van der Waals surface area contributed by atoms with E-state index in [1.807, 2.05) is 28.5 Å². The number of fused-ring (bicyclic) bond motifs is 1. The number of ether oxygens (including phenoxy) is 1. The summed E-state index contributed by atoms with van der Waals surface area (Å²) in [6.45, 7) is 0.775. The lowest BCUT2D eigenvalue weighted by Crippen LogP contribution is -2.34. The number of rotatable bonds is 2. The lowest BCUT2D eigenvalue weighted by molar-refractivity contribution is -0.131. The molecule has 0 unspecified atom stereocenters. The maximum atomic E-state index is 12.5. The molecule has 1 aromatic rings. The monoisotopic (exact) mass is 326 g/mol. The zero-order valence-electron chi connectivity index (χ0n) is 12.8. The van der Waals surface area contributed by atoms with Gasteiger partial charge in [0.15, 0.2) is 5.17 Å². The molecule has 0 fully saturated rings. The van der Waals surface area contributed by atoms with Crippen LogP contribution in [-0.4, -0.2) is 22.6 Å². The first-order valence-electron chi connectivity index (χ1n) is 8.02. The predicted octanol–water partition coefficient (Wildman–Crippen LogP) is 4.07. The molecular formula is C18H18N2O2S. The van der Waals surface area contributed by atoms with Gasteiger partial charge < -0.3 is 9.64 Å². The van der Waals surface area contributed by atoms with E-state index >= 15 is 0 Å². The Morgan fingerprint density at radius 3 is 2.83 bits per heavy atom. The highest BCUT2D eigenvalue weighted by atomic mass is 32.2. The van der Waals surface area contributed by atoms with Crippen LogP contribution in [0.5, 0.6) is 5.75 Å². The molecule has 4 nitrogen and oxygen atoms in total. The van der Waals surface area contributed by atoms with Crippen LogP contribution in [0.1, 0.15) is 32.1 Å². The molecule has 2 aliphatic heterocycles. The SMILES string of the molecule is O=C(Oc1ccccc1)C1=CSC2=NC3=C(CCCCC3)CN12. The van der Waals surface area contributed by atoms with Crippen LogP contribution >= 0.6 is 11.8 Å². The number of esters is 1. The molecule has 0 amide bonds. The molecule has 1 aromatic carbocycles. The van der Waals surface area contributed by atoms with Gasteiger partial charge in [-0.1, -0.05) is 36.4 Å². The average molecular weight is 326 g/mol. The number of benzene rings is 1. The molecule has 118 valence electrons. The Balaban J connectivity index is 1.52. The van der Waals surface area contributed by atoms with Crippen molar-refractivity contribution in [2.75, 3.05) is 6.54 Å². The molecule has 23 heavy (non-hydrogen) atoms. The second-order valence-corrected chi connectivity index (χ2v) is 6.75. The first-order valence-corrected chi connectivity index (χ1v) is 8.90. The molecule has 0 spiro atoms. The average Bonchev–Trinajstić information content (AvgIpc) is 2.84. The van der Waals surface area contributed by atoms with Crippen molar-refractivity contribution in [1.82, 2.24) is 4.90 Å². The third-order valence-electron chi connectivity index (χ3n) is 4.34. The number of thioether (sulfide) groups is 1. The predicted molar refractivity (Wildman–Crippen MR) is 92.0 cm³/mol. The van der Waals surface area contributed by atoms with Gasteiger partial charge in [0.25, 0.3) is 0 Å². The molecule has 0 saturated carbocycles. The Morgan fingerprint density at radius 1 is 1.13 bits per heavy atom. The number of aliphatic imine (C=N–C) groups is 1. The molecule has 1 aliphatic carbocycles. The fraction of sp³-hybridized carbons (Fsp3) is 0.333. The molecule has 0 radical (unpaired) electrons. The van der Waals surface area contributed by atoms with Gasteiger partial charge in [-0.15, -0.1) is 0 Å². The summed E-state index contributed by atoms with van der Waals surface area (Å²) < 4.78 is 5.47. The number of hydrogen-bond acceptors (Lipinski definition) is 5. The van der Waals surface area contributed by atoms with E-state index in [9.17, 15) is 4.79 Å². The summed E-state index contributed by atoms with van der Waals surface area (Å²) >= 11 is 1.51. The van der Waals surface area contributed by atoms with Crippen LogP contribution in [0, 0.1) is 0 Å². The summed E-state index contributed by atoms with van der Waals surface area (Å²) in [5.74, 6) is 0.256. The number of carbonyl (C=O) groups excluding carboxylic acids is 1. The van der Waals surface area contributed by atoms with Gasteiger partial charge in [-0.2, -0.15) is 0 Å². The summed E-state index contributed by atoms with van der Waals surface area (Å²) in [4.78, 5) is 19.3. The van der Waals surface area contributed by atoms with Crippen molar-refractivity contribution in [1.29, 1.82) is 0 Å². The quantitative estimate of drug-likeness (QED) is 0.607. The largest absolute Gasteiger partial charge is 0.422 e. The maximum absolute atomic E-state index is 12.5. The van der Waals surface area contributed by atoms with Crippen molar-refractivity contribution >= 4 is 22.9 Å². The van der Waals surface area contributed by atoms with Gasteiger partial charge in [-0.3, -0.25) is 0 Å². The zero-order valence-corrected chi connectivity index (χ0v) is 13.6. The van der Waals surface area contributed by atoms with E-state index in [1.165, 1.54) is 42.3 Å². The highest BCUT2D eigenvalue weighted by molar-refractivity contribution is 8.16. The van der Waals surface area contributed by atoms with Gasteiger partial charge in [-0.25, -0.2) is 9.79 Å².